The molecule has 3 atom stereocenters. The highest BCUT2D eigenvalue weighted by Crippen LogP contribution is 2.09. The lowest BCUT2D eigenvalue weighted by Gasteiger charge is -2.24. The fraction of sp³-hybridized carbons (Fsp3) is 0.300. The summed E-state index contributed by atoms with van der Waals surface area (Å²) in [7, 11) is 0. The second-order valence-electron chi connectivity index (χ2n) is 9.16. The number of carbonyl (C=O) groups excluding carboxylic acids is 3. The van der Waals surface area contributed by atoms with Crippen molar-refractivity contribution in [3.05, 3.63) is 108 Å². The van der Waals surface area contributed by atoms with Gasteiger partial charge in [-0.25, -0.2) is 0 Å². The Morgan fingerprint density at radius 2 is 1.03 bits per heavy atom. The van der Waals surface area contributed by atoms with Crippen molar-refractivity contribution in [3.8, 4) is 0 Å². The van der Waals surface area contributed by atoms with Gasteiger partial charge >= 0.3 is 0 Å². The van der Waals surface area contributed by atoms with Crippen molar-refractivity contribution in [3.63, 3.8) is 0 Å². The lowest BCUT2D eigenvalue weighted by Crippen LogP contribution is -2.55. The Balaban J connectivity index is 1.71. The molecule has 0 saturated heterocycles. The molecular formula is C30H36N4O3. The molecule has 0 aliphatic heterocycles. The van der Waals surface area contributed by atoms with E-state index in [0.29, 0.717) is 32.2 Å². The standard InChI is InChI=1S/C30H36N4O3/c1-22(31)28(35)33-27(20-18-24-13-7-3-8-14-24)30(37)34-26(19-17-23-11-5-2-6-12-23)29(36)32-21-25-15-9-4-10-16-25/h2-16,22,26-27H,17-21,31H2,1H3,(H,32,36)(H,33,35)(H,34,37)/t22-,26-,27-/m0/s1. The zero-order valence-corrected chi connectivity index (χ0v) is 21.2. The second-order valence-corrected chi connectivity index (χ2v) is 9.16. The first-order valence-electron chi connectivity index (χ1n) is 12.7. The second kappa shape index (κ2) is 14.6. The van der Waals surface area contributed by atoms with Crippen molar-refractivity contribution in [1.29, 1.82) is 0 Å². The molecule has 7 nitrogen and oxygen atoms in total. The van der Waals surface area contributed by atoms with Gasteiger partial charge in [0.1, 0.15) is 12.1 Å². The first-order valence-corrected chi connectivity index (χ1v) is 12.7. The maximum Gasteiger partial charge on any atom is 0.243 e. The summed E-state index contributed by atoms with van der Waals surface area (Å²) in [6, 6.07) is 26.8. The van der Waals surface area contributed by atoms with Crippen LogP contribution >= 0.6 is 0 Å². The van der Waals surface area contributed by atoms with Crippen LogP contribution < -0.4 is 21.7 Å². The Bertz CT molecular complexity index is 1120. The Labute approximate surface area is 218 Å². The minimum atomic E-state index is -0.820. The van der Waals surface area contributed by atoms with Gasteiger partial charge < -0.3 is 21.7 Å². The summed E-state index contributed by atoms with van der Waals surface area (Å²) in [5.41, 5.74) is 8.83. The molecular weight excluding hydrogens is 464 g/mol. The molecule has 0 aliphatic carbocycles. The molecule has 0 unspecified atom stereocenters. The van der Waals surface area contributed by atoms with Gasteiger partial charge in [-0.2, -0.15) is 0 Å². The minimum absolute atomic E-state index is 0.270. The molecule has 0 bridgehead atoms. The molecule has 3 aromatic rings. The lowest BCUT2D eigenvalue weighted by molar-refractivity contribution is -0.132. The van der Waals surface area contributed by atoms with E-state index in [0.717, 1.165) is 16.7 Å². The fourth-order valence-corrected chi connectivity index (χ4v) is 3.93. The van der Waals surface area contributed by atoms with Crippen LogP contribution in [0.3, 0.4) is 0 Å². The van der Waals surface area contributed by atoms with E-state index in [9.17, 15) is 14.4 Å². The van der Waals surface area contributed by atoms with E-state index < -0.39 is 29.9 Å². The average Bonchev–Trinajstić information content (AvgIpc) is 2.93. The summed E-state index contributed by atoms with van der Waals surface area (Å²) in [6.45, 7) is 1.93. The van der Waals surface area contributed by atoms with Crippen molar-refractivity contribution in [2.45, 2.75) is 57.3 Å². The molecule has 3 amide bonds. The first kappa shape index (κ1) is 27.6. The molecule has 0 aliphatic rings. The predicted octanol–water partition coefficient (Wildman–Crippen LogP) is 2.89. The lowest BCUT2D eigenvalue weighted by atomic mass is 10.0. The van der Waals surface area contributed by atoms with Crippen molar-refractivity contribution in [1.82, 2.24) is 16.0 Å². The SMILES string of the molecule is C[C@H](N)C(=O)N[C@@H](CCc1ccccc1)C(=O)N[C@@H](CCc1ccccc1)C(=O)NCc1ccccc1. The van der Waals surface area contributed by atoms with Gasteiger partial charge in [0.25, 0.3) is 0 Å². The molecule has 5 N–H and O–H groups in total. The van der Waals surface area contributed by atoms with Crippen molar-refractivity contribution in [2.75, 3.05) is 0 Å². The average molecular weight is 501 g/mol. The molecule has 194 valence electrons. The zero-order valence-electron chi connectivity index (χ0n) is 21.2. The Hall–Kier alpha value is -3.97. The molecule has 0 fully saturated rings. The highest BCUT2D eigenvalue weighted by atomic mass is 16.2. The van der Waals surface area contributed by atoms with E-state index in [1.165, 1.54) is 0 Å². The third-order valence-corrected chi connectivity index (χ3v) is 6.12. The third kappa shape index (κ3) is 9.54. The Kier molecular flexibility index (Phi) is 10.9. The van der Waals surface area contributed by atoms with Crippen LogP contribution in [0, 0.1) is 0 Å². The van der Waals surface area contributed by atoms with Gasteiger partial charge in [0.05, 0.1) is 6.04 Å². The number of rotatable bonds is 13. The number of amides is 3. The molecule has 0 spiro atoms. The molecule has 7 heteroatoms. The number of nitrogens with one attached hydrogen (secondary N) is 3. The van der Waals surface area contributed by atoms with Crippen LogP contribution in [-0.2, 0) is 33.8 Å². The third-order valence-electron chi connectivity index (χ3n) is 6.12. The van der Waals surface area contributed by atoms with E-state index in [1.54, 1.807) is 6.92 Å². The number of aryl methyl sites for hydroxylation is 2. The fourth-order valence-electron chi connectivity index (χ4n) is 3.93. The van der Waals surface area contributed by atoms with E-state index in [2.05, 4.69) is 16.0 Å². The first-order chi connectivity index (χ1) is 17.9. The summed E-state index contributed by atoms with van der Waals surface area (Å²) in [4.78, 5) is 38.9. The minimum Gasteiger partial charge on any atom is -0.350 e. The number of carbonyl (C=O) groups is 3. The quantitative estimate of drug-likeness (QED) is 0.289. The van der Waals surface area contributed by atoms with Crippen LogP contribution in [-0.4, -0.2) is 35.8 Å². The zero-order chi connectivity index (χ0) is 26.5. The summed E-state index contributed by atoms with van der Waals surface area (Å²) < 4.78 is 0. The number of benzene rings is 3. The van der Waals surface area contributed by atoms with Gasteiger partial charge in [0, 0.05) is 6.54 Å². The molecule has 0 heterocycles. The maximum atomic E-state index is 13.4. The number of hydrogen-bond acceptors (Lipinski definition) is 4. The number of hydrogen-bond donors (Lipinski definition) is 4. The van der Waals surface area contributed by atoms with E-state index in [-0.39, 0.29) is 5.91 Å². The van der Waals surface area contributed by atoms with Crippen LogP contribution in [0.4, 0.5) is 0 Å². The van der Waals surface area contributed by atoms with Gasteiger partial charge in [-0.3, -0.25) is 14.4 Å². The normalized spacial score (nSPS) is 13.1. The van der Waals surface area contributed by atoms with Crippen molar-refractivity contribution in [2.24, 2.45) is 5.73 Å². The topological polar surface area (TPSA) is 113 Å². The molecule has 0 saturated carbocycles. The summed E-state index contributed by atoms with van der Waals surface area (Å²) in [5.74, 6) is -1.09. The highest BCUT2D eigenvalue weighted by molar-refractivity contribution is 5.92. The van der Waals surface area contributed by atoms with Gasteiger partial charge in [-0.15, -0.1) is 0 Å². The predicted molar refractivity (Wildman–Crippen MR) is 145 cm³/mol. The summed E-state index contributed by atoms with van der Waals surface area (Å²) >= 11 is 0. The van der Waals surface area contributed by atoms with Crippen molar-refractivity contribution >= 4 is 17.7 Å². The maximum absolute atomic E-state index is 13.4. The summed E-state index contributed by atoms with van der Waals surface area (Å²) in [5, 5.41) is 8.59. The molecule has 37 heavy (non-hydrogen) atoms. The molecule has 3 rings (SSSR count). The van der Waals surface area contributed by atoms with Crippen LogP contribution in [0.5, 0.6) is 0 Å². The van der Waals surface area contributed by atoms with E-state index >= 15 is 0 Å². The van der Waals surface area contributed by atoms with Gasteiger partial charge in [0.15, 0.2) is 0 Å². The van der Waals surface area contributed by atoms with Crippen LogP contribution in [0.15, 0.2) is 91.0 Å². The largest absolute Gasteiger partial charge is 0.350 e. The number of nitrogens with two attached hydrogens (primary N) is 1. The van der Waals surface area contributed by atoms with Crippen molar-refractivity contribution < 1.29 is 14.4 Å². The molecule has 0 aromatic heterocycles. The van der Waals surface area contributed by atoms with Gasteiger partial charge in [-0.1, -0.05) is 91.0 Å². The van der Waals surface area contributed by atoms with Crippen LogP contribution in [0.1, 0.15) is 36.5 Å². The monoisotopic (exact) mass is 500 g/mol. The van der Waals surface area contributed by atoms with E-state index in [1.807, 2.05) is 91.0 Å². The van der Waals surface area contributed by atoms with Gasteiger partial charge in [-0.05, 0) is 49.3 Å². The highest BCUT2D eigenvalue weighted by Gasteiger charge is 2.27. The van der Waals surface area contributed by atoms with Crippen LogP contribution in [0.25, 0.3) is 0 Å². The Morgan fingerprint density at radius 3 is 1.49 bits per heavy atom. The summed E-state index contributed by atoms with van der Waals surface area (Å²) in [6.07, 6.45) is 2.01. The van der Waals surface area contributed by atoms with E-state index in [4.69, 9.17) is 5.73 Å². The Morgan fingerprint density at radius 1 is 0.622 bits per heavy atom. The molecule has 3 aromatic carbocycles. The molecule has 0 radical (unpaired) electrons. The van der Waals surface area contributed by atoms with Crippen LogP contribution in [0.2, 0.25) is 0 Å². The smallest absolute Gasteiger partial charge is 0.243 e. The van der Waals surface area contributed by atoms with Gasteiger partial charge in [0.2, 0.25) is 17.7 Å².